The van der Waals surface area contributed by atoms with Crippen molar-refractivity contribution in [1.29, 1.82) is 0 Å². The fourth-order valence-corrected chi connectivity index (χ4v) is 2.65. The monoisotopic (exact) mass is 311 g/mol. The van der Waals surface area contributed by atoms with E-state index in [0.717, 1.165) is 17.1 Å². The summed E-state index contributed by atoms with van der Waals surface area (Å²) >= 11 is 7.51. The Hall–Kier alpha value is -1.59. The summed E-state index contributed by atoms with van der Waals surface area (Å²) in [5.74, 6) is 0.823. The second-order valence-corrected chi connectivity index (χ2v) is 5.40. The highest BCUT2D eigenvalue weighted by Crippen LogP contribution is 2.34. The Morgan fingerprint density at radius 2 is 2.25 bits per heavy atom. The van der Waals surface area contributed by atoms with Gasteiger partial charge in [0.05, 0.1) is 23.4 Å². The highest BCUT2D eigenvalue weighted by Gasteiger charge is 2.13. The number of aryl methyl sites for hydroxylation is 1. The van der Waals surface area contributed by atoms with Crippen molar-refractivity contribution in [2.75, 3.05) is 7.11 Å². The van der Waals surface area contributed by atoms with Crippen LogP contribution in [0, 0.1) is 0 Å². The first-order valence-corrected chi connectivity index (χ1v) is 7.32. The highest BCUT2D eigenvalue weighted by atomic mass is 35.5. The molecule has 1 aromatic carbocycles. The molecule has 1 aromatic heterocycles. The minimum atomic E-state index is 0.287. The average Bonchev–Trinajstić information content (AvgIpc) is 2.92. The van der Waals surface area contributed by atoms with E-state index in [2.05, 4.69) is 11.9 Å². The lowest BCUT2D eigenvalue weighted by atomic mass is 10.2. The number of nitrogens with zero attached hydrogens (tertiary/aromatic N) is 1. The van der Waals surface area contributed by atoms with Crippen molar-refractivity contribution in [1.82, 2.24) is 4.98 Å². The lowest BCUT2D eigenvalue weighted by Crippen LogP contribution is -2.01. The second kappa shape index (κ2) is 6.72. The molecule has 0 atom stereocenters. The summed E-state index contributed by atoms with van der Waals surface area (Å²) in [5, 5.41) is 3.43. The van der Waals surface area contributed by atoms with E-state index in [-0.39, 0.29) is 6.61 Å². The number of halogens is 1. The van der Waals surface area contributed by atoms with Crippen molar-refractivity contribution in [2.24, 2.45) is 0 Å². The van der Waals surface area contributed by atoms with Gasteiger partial charge in [0.1, 0.15) is 6.61 Å². The van der Waals surface area contributed by atoms with Crippen LogP contribution in [-0.2, 0) is 13.0 Å². The number of ether oxygens (including phenoxy) is 2. The third-order valence-corrected chi connectivity index (χ3v) is 3.92. The predicted octanol–water partition coefficient (Wildman–Crippen LogP) is 3.76. The summed E-state index contributed by atoms with van der Waals surface area (Å²) < 4.78 is 10.9. The van der Waals surface area contributed by atoms with Gasteiger partial charge < -0.3 is 9.47 Å². The summed E-state index contributed by atoms with van der Waals surface area (Å²) in [6.07, 6.45) is 1.59. The van der Waals surface area contributed by atoms with Gasteiger partial charge in [-0.15, -0.1) is 11.3 Å². The van der Waals surface area contributed by atoms with Crippen LogP contribution in [0.3, 0.4) is 0 Å². The lowest BCUT2D eigenvalue weighted by Gasteiger charge is -2.12. The summed E-state index contributed by atoms with van der Waals surface area (Å²) in [6, 6.07) is 3.16. The quantitative estimate of drug-likeness (QED) is 0.762. The smallest absolute Gasteiger partial charge is 0.172 e. The molecule has 0 aliphatic carbocycles. The Balaban J connectivity index is 2.21. The molecule has 20 heavy (non-hydrogen) atoms. The molecule has 0 radical (unpaired) electrons. The molecule has 0 spiro atoms. The Morgan fingerprint density at radius 3 is 2.85 bits per heavy atom. The van der Waals surface area contributed by atoms with Gasteiger partial charge in [0.2, 0.25) is 0 Å². The van der Waals surface area contributed by atoms with Crippen LogP contribution in [0.5, 0.6) is 11.5 Å². The molecule has 0 unspecified atom stereocenters. The maximum Gasteiger partial charge on any atom is 0.172 e. The van der Waals surface area contributed by atoms with Crippen molar-refractivity contribution in [3.05, 3.63) is 38.8 Å². The molecular weight excluding hydrogens is 298 g/mol. The van der Waals surface area contributed by atoms with Gasteiger partial charge in [-0.2, -0.15) is 0 Å². The zero-order chi connectivity index (χ0) is 14.5. The third-order valence-electron chi connectivity index (χ3n) is 2.66. The van der Waals surface area contributed by atoms with Crippen molar-refractivity contribution in [2.45, 2.75) is 20.0 Å². The number of benzene rings is 1. The fourth-order valence-electron chi connectivity index (χ4n) is 1.71. The zero-order valence-electron chi connectivity index (χ0n) is 11.2. The first-order chi connectivity index (χ1) is 9.67. The molecule has 6 heteroatoms. The van der Waals surface area contributed by atoms with Gasteiger partial charge >= 0.3 is 0 Å². The largest absolute Gasteiger partial charge is 0.493 e. The number of carbonyl (C=O) groups excluding carboxylic acids is 1. The van der Waals surface area contributed by atoms with E-state index in [9.17, 15) is 4.79 Å². The van der Waals surface area contributed by atoms with Crippen LogP contribution in [-0.4, -0.2) is 18.4 Å². The number of hydrogen-bond acceptors (Lipinski definition) is 5. The van der Waals surface area contributed by atoms with Crippen LogP contribution in [0.15, 0.2) is 17.5 Å². The van der Waals surface area contributed by atoms with Crippen LogP contribution in [0.2, 0.25) is 5.02 Å². The number of hydrogen-bond donors (Lipinski definition) is 0. The first kappa shape index (κ1) is 14.8. The third kappa shape index (κ3) is 3.29. The van der Waals surface area contributed by atoms with E-state index in [1.807, 2.05) is 5.38 Å². The molecule has 2 aromatic rings. The molecule has 2 rings (SSSR count). The summed E-state index contributed by atoms with van der Waals surface area (Å²) in [6.45, 7) is 2.34. The van der Waals surface area contributed by atoms with E-state index in [0.29, 0.717) is 28.4 Å². The predicted molar refractivity (Wildman–Crippen MR) is 79.2 cm³/mol. The standard InChI is InChI=1S/C14H14ClNO3S/c1-3-13-16-11(8-20-13)7-19-14-9(6-17)4-10(15)5-12(14)18-2/h4-6,8H,3,7H2,1-2H3. The van der Waals surface area contributed by atoms with Gasteiger partial charge in [0, 0.05) is 16.5 Å². The first-order valence-electron chi connectivity index (χ1n) is 6.06. The van der Waals surface area contributed by atoms with Gasteiger partial charge in [-0.25, -0.2) is 4.98 Å². The molecule has 0 bridgehead atoms. The van der Waals surface area contributed by atoms with Crippen LogP contribution in [0.25, 0.3) is 0 Å². The summed E-state index contributed by atoms with van der Waals surface area (Å²) in [7, 11) is 1.51. The maximum atomic E-state index is 11.1. The van der Waals surface area contributed by atoms with E-state index < -0.39 is 0 Å². The molecule has 4 nitrogen and oxygen atoms in total. The summed E-state index contributed by atoms with van der Waals surface area (Å²) in [5.41, 5.74) is 1.20. The molecule has 1 heterocycles. The van der Waals surface area contributed by atoms with Crippen molar-refractivity contribution in [3.8, 4) is 11.5 Å². The Bertz CT molecular complexity index is 612. The van der Waals surface area contributed by atoms with E-state index in [1.165, 1.54) is 7.11 Å². The molecule has 0 saturated carbocycles. The number of aromatic nitrogens is 1. The molecule has 106 valence electrons. The molecule has 0 aliphatic rings. The Labute approximate surface area is 126 Å². The van der Waals surface area contributed by atoms with Crippen molar-refractivity contribution in [3.63, 3.8) is 0 Å². The van der Waals surface area contributed by atoms with Crippen molar-refractivity contribution >= 4 is 29.2 Å². The maximum absolute atomic E-state index is 11.1. The topological polar surface area (TPSA) is 48.4 Å². The van der Waals surface area contributed by atoms with Crippen LogP contribution in [0.1, 0.15) is 28.0 Å². The zero-order valence-corrected chi connectivity index (χ0v) is 12.8. The Kier molecular flexibility index (Phi) is 4.98. The average molecular weight is 312 g/mol. The number of thiazole rings is 1. The second-order valence-electron chi connectivity index (χ2n) is 4.02. The van der Waals surface area contributed by atoms with E-state index in [4.69, 9.17) is 21.1 Å². The number of aldehydes is 1. The van der Waals surface area contributed by atoms with Crippen LogP contribution >= 0.6 is 22.9 Å². The lowest BCUT2D eigenvalue weighted by molar-refractivity contribution is 0.111. The fraction of sp³-hybridized carbons (Fsp3) is 0.286. The highest BCUT2D eigenvalue weighted by molar-refractivity contribution is 7.09. The van der Waals surface area contributed by atoms with Gasteiger partial charge in [-0.05, 0) is 12.5 Å². The van der Waals surface area contributed by atoms with Gasteiger partial charge in [-0.1, -0.05) is 18.5 Å². The molecular formula is C14H14ClNO3S. The van der Waals surface area contributed by atoms with Crippen LogP contribution in [0.4, 0.5) is 0 Å². The molecule has 0 N–H and O–H groups in total. The van der Waals surface area contributed by atoms with Gasteiger partial charge in [0.25, 0.3) is 0 Å². The molecule has 0 fully saturated rings. The van der Waals surface area contributed by atoms with E-state index in [1.54, 1.807) is 23.5 Å². The number of carbonyl (C=O) groups is 1. The normalized spacial score (nSPS) is 10.3. The molecule has 0 saturated heterocycles. The summed E-state index contributed by atoms with van der Waals surface area (Å²) in [4.78, 5) is 15.5. The van der Waals surface area contributed by atoms with Gasteiger partial charge in [0.15, 0.2) is 17.8 Å². The number of rotatable bonds is 6. The molecule has 0 aliphatic heterocycles. The molecule has 0 amide bonds. The van der Waals surface area contributed by atoms with Gasteiger partial charge in [-0.3, -0.25) is 4.79 Å². The van der Waals surface area contributed by atoms with E-state index >= 15 is 0 Å². The Morgan fingerprint density at radius 1 is 1.45 bits per heavy atom. The van der Waals surface area contributed by atoms with Crippen LogP contribution < -0.4 is 9.47 Å². The minimum absolute atomic E-state index is 0.287. The minimum Gasteiger partial charge on any atom is -0.493 e. The number of methoxy groups -OCH3 is 1. The van der Waals surface area contributed by atoms with Crippen molar-refractivity contribution < 1.29 is 14.3 Å². The SMILES string of the molecule is CCc1nc(COc2c(C=O)cc(Cl)cc2OC)cs1.